The number of benzene rings is 1. The van der Waals surface area contributed by atoms with E-state index in [0.29, 0.717) is 21.8 Å². The van der Waals surface area contributed by atoms with Gasteiger partial charge in [-0.15, -0.1) is 0 Å². The number of pyridine rings is 1. The fourth-order valence-corrected chi connectivity index (χ4v) is 2.32. The third kappa shape index (κ3) is 3.25. The Kier molecular flexibility index (Phi) is 4.78. The Bertz CT molecular complexity index is 625. The molecule has 19 heavy (non-hydrogen) atoms. The maximum absolute atomic E-state index is 8.97. The molecule has 5 heteroatoms. The molecule has 0 aliphatic heterocycles. The van der Waals surface area contributed by atoms with Crippen LogP contribution in [-0.4, -0.2) is 4.98 Å². The predicted octanol–water partition coefficient (Wildman–Crippen LogP) is 4.08. The van der Waals surface area contributed by atoms with Gasteiger partial charge in [0.25, 0.3) is 0 Å². The highest BCUT2D eigenvalue weighted by molar-refractivity contribution is 9.08. The third-order valence-corrected chi connectivity index (χ3v) is 3.46. The van der Waals surface area contributed by atoms with Gasteiger partial charge in [0.1, 0.15) is 24.1 Å². The Labute approximate surface area is 124 Å². The van der Waals surface area contributed by atoms with E-state index < -0.39 is 0 Å². The van der Waals surface area contributed by atoms with Crippen molar-refractivity contribution in [3.8, 4) is 11.8 Å². The van der Waals surface area contributed by atoms with Gasteiger partial charge in [-0.1, -0.05) is 45.7 Å². The fourth-order valence-electron chi connectivity index (χ4n) is 1.63. The molecule has 0 bridgehead atoms. The molecule has 1 aromatic heterocycles. The molecule has 0 atom stereocenters. The fraction of sp³-hybridized carbons (Fsp3) is 0.143. The van der Waals surface area contributed by atoms with Crippen molar-refractivity contribution in [2.45, 2.75) is 11.9 Å². The van der Waals surface area contributed by atoms with Crippen LogP contribution in [0.2, 0.25) is 5.02 Å². The molecule has 0 unspecified atom stereocenters. The summed E-state index contributed by atoms with van der Waals surface area (Å²) in [7, 11) is 0. The minimum absolute atomic E-state index is 0.264. The Hall–Kier alpha value is -1.57. The summed E-state index contributed by atoms with van der Waals surface area (Å²) in [5.41, 5.74) is 2.08. The van der Waals surface area contributed by atoms with Gasteiger partial charge in [0.2, 0.25) is 0 Å². The van der Waals surface area contributed by atoms with E-state index >= 15 is 0 Å². The highest BCUT2D eigenvalue weighted by atomic mass is 79.9. The molecule has 0 aliphatic carbocycles. The van der Waals surface area contributed by atoms with E-state index in [0.717, 1.165) is 11.1 Å². The second kappa shape index (κ2) is 6.55. The second-order valence-electron chi connectivity index (χ2n) is 3.77. The number of aromatic nitrogens is 1. The predicted molar refractivity (Wildman–Crippen MR) is 77.4 cm³/mol. The Balaban J connectivity index is 2.22. The van der Waals surface area contributed by atoms with Crippen molar-refractivity contribution in [2.24, 2.45) is 0 Å². The first-order chi connectivity index (χ1) is 9.26. The summed E-state index contributed by atoms with van der Waals surface area (Å²) in [6.07, 6.45) is 1.58. The Morgan fingerprint density at radius 3 is 2.79 bits per heavy atom. The lowest BCUT2D eigenvalue weighted by Crippen LogP contribution is -2.01. The van der Waals surface area contributed by atoms with Gasteiger partial charge in [0.15, 0.2) is 0 Å². The molecular formula is C14H10BrClN2O. The second-order valence-corrected chi connectivity index (χ2v) is 4.74. The SMILES string of the molecule is N#Cc1ncccc1COc1c(Cl)cccc1CBr. The molecule has 0 fully saturated rings. The van der Waals surface area contributed by atoms with E-state index in [1.807, 2.05) is 24.3 Å². The summed E-state index contributed by atoms with van der Waals surface area (Å²) in [5, 5.41) is 10.2. The number of halogens is 2. The molecule has 0 amide bonds. The number of hydrogen-bond acceptors (Lipinski definition) is 3. The minimum Gasteiger partial charge on any atom is -0.487 e. The van der Waals surface area contributed by atoms with E-state index in [4.69, 9.17) is 21.6 Å². The van der Waals surface area contributed by atoms with E-state index in [1.165, 1.54) is 0 Å². The van der Waals surface area contributed by atoms with Crippen LogP contribution in [0.1, 0.15) is 16.8 Å². The van der Waals surface area contributed by atoms with Crippen molar-refractivity contribution in [1.82, 2.24) is 4.98 Å². The molecule has 96 valence electrons. The molecule has 0 saturated heterocycles. The zero-order valence-electron chi connectivity index (χ0n) is 9.94. The van der Waals surface area contributed by atoms with Gasteiger partial charge >= 0.3 is 0 Å². The van der Waals surface area contributed by atoms with Gasteiger partial charge in [-0.3, -0.25) is 0 Å². The highest BCUT2D eigenvalue weighted by Gasteiger charge is 2.09. The monoisotopic (exact) mass is 336 g/mol. The van der Waals surface area contributed by atoms with Crippen LogP contribution in [-0.2, 0) is 11.9 Å². The molecule has 0 radical (unpaired) electrons. The standard InChI is InChI=1S/C14H10BrClN2O/c15-7-10-3-1-5-12(16)14(10)19-9-11-4-2-6-18-13(11)8-17/h1-6H,7,9H2. The summed E-state index contributed by atoms with van der Waals surface area (Å²) >= 11 is 9.52. The normalized spacial score (nSPS) is 9.95. The van der Waals surface area contributed by atoms with Crippen LogP contribution in [0.3, 0.4) is 0 Å². The van der Waals surface area contributed by atoms with Crippen LogP contribution < -0.4 is 4.74 Å². The van der Waals surface area contributed by atoms with Crippen LogP contribution in [0.25, 0.3) is 0 Å². The van der Waals surface area contributed by atoms with Gasteiger partial charge in [0.05, 0.1) is 5.02 Å². The molecule has 2 rings (SSSR count). The van der Waals surface area contributed by atoms with Crippen LogP contribution >= 0.6 is 27.5 Å². The Morgan fingerprint density at radius 2 is 2.05 bits per heavy atom. The average molecular weight is 338 g/mol. The number of hydrogen-bond donors (Lipinski definition) is 0. The molecule has 0 aliphatic rings. The number of nitrogens with zero attached hydrogens (tertiary/aromatic N) is 2. The summed E-state index contributed by atoms with van der Waals surface area (Å²) < 4.78 is 5.73. The van der Waals surface area contributed by atoms with Crippen molar-refractivity contribution >= 4 is 27.5 Å². The summed E-state index contributed by atoms with van der Waals surface area (Å²) in [4.78, 5) is 3.99. The van der Waals surface area contributed by atoms with Crippen LogP contribution in [0, 0.1) is 11.3 Å². The number of nitriles is 1. The maximum Gasteiger partial charge on any atom is 0.147 e. The number of alkyl halides is 1. The van der Waals surface area contributed by atoms with Gasteiger partial charge < -0.3 is 4.74 Å². The van der Waals surface area contributed by atoms with Gasteiger partial charge in [-0.2, -0.15) is 5.26 Å². The topological polar surface area (TPSA) is 45.9 Å². The van der Waals surface area contributed by atoms with Crippen LogP contribution in [0.4, 0.5) is 0 Å². The zero-order chi connectivity index (χ0) is 13.7. The lowest BCUT2D eigenvalue weighted by Gasteiger charge is -2.12. The molecule has 2 aromatic rings. The van der Waals surface area contributed by atoms with E-state index in [-0.39, 0.29) is 6.61 Å². The quantitative estimate of drug-likeness (QED) is 0.790. The summed E-state index contributed by atoms with van der Waals surface area (Å²) in [6.45, 7) is 0.264. The first-order valence-electron chi connectivity index (χ1n) is 5.56. The largest absolute Gasteiger partial charge is 0.487 e. The molecule has 1 aromatic carbocycles. The maximum atomic E-state index is 8.97. The number of rotatable bonds is 4. The number of para-hydroxylation sites is 1. The van der Waals surface area contributed by atoms with Crippen molar-refractivity contribution in [1.29, 1.82) is 5.26 Å². The molecule has 1 heterocycles. The van der Waals surface area contributed by atoms with Crippen molar-refractivity contribution in [3.05, 3.63) is 58.4 Å². The summed E-state index contributed by atoms with van der Waals surface area (Å²) in [6, 6.07) is 11.2. The van der Waals surface area contributed by atoms with Gasteiger partial charge in [-0.05, 0) is 12.1 Å². The first-order valence-corrected chi connectivity index (χ1v) is 7.06. The van der Waals surface area contributed by atoms with E-state index in [1.54, 1.807) is 18.3 Å². The molecule has 3 nitrogen and oxygen atoms in total. The lowest BCUT2D eigenvalue weighted by molar-refractivity contribution is 0.303. The molecule has 0 N–H and O–H groups in total. The average Bonchev–Trinajstić information content (AvgIpc) is 2.46. The first kappa shape index (κ1) is 13.9. The highest BCUT2D eigenvalue weighted by Crippen LogP contribution is 2.30. The van der Waals surface area contributed by atoms with Crippen LogP contribution in [0.5, 0.6) is 5.75 Å². The lowest BCUT2D eigenvalue weighted by atomic mass is 10.2. The van der Waals surface area contributed by atoms with E-state index in [9.17, 15) is 0 Å². The smallest absolute Gasteiger partial charge is 0.147 e. The third-order valence-electron chi connectivity index (χ3n) is 2.56. The summed E-state index contributed by atoms with van der Waals surface area (Å²) in [5.74, 6) is 0.633. The minimum atomic E-state index is 0.264. The van der Waals surface area contributed by atoms with Crippen molar-refractivity contribution in [2.75, 3.05) is 0 Å². The van der Waals surface area contributed by atoms with E-state index in [2.05, 4.69) is 20.9 Å². The van der Waals surface area contributed by atoms with Crippen LogP contribution in [0.15, 0.2) is 36.5 Å². The molecular weight excluding hydrogens is 328 g/mol. The van der Waals surface area contributed by atoms with Crippen molar-refractivity contribution < 1.29 is 4.74 Å². The van der Waals surface area contributed by atoms with Gasteiger partial charge in [0, 0.05) is 22.7 Å². The zero-order valence-corrected chi connectivity index (χ0v) is 12.3. The Morgan fingerprint density at radius 1 is 1.26 bits per heavy atom. The molecule has 0 saturated carbocycles. The van der Waals surface area contributed by atoms with Crippen molar-refractivity contribution in [3.63, 3.8) is 0 Å². The van der Waals surface area contributed by atoms with Gasteiger partial charge in [-0.25, -0.2) is 4.98 Å². The molecule has 0 spiro atoms. The number of ether oxygens (including phenoxy) is 1.